The maximum absolute atomic E-state index is 11.7. The minimum atomic E-state index is -0.589. The van der Waals surface area contributed by atoms with Gasteiger partial charge in [-0.1, -0.05) is 12.1 Å². The fourth-order valence-corrected chi connectivity index (χ4v) is 2.68. The zero-order chi connectivity index (χ0) is 16.8. The van der Waals surface area contributed by atoms with E-state index in [-0.39, 0.29) is 12.2 Å². The van der Waals surface area contributed by atoms with Crippen molar-refractivity contribution in [1.29, 1.82) is 5.26 Å². The lowest BCUT2D eigenvalue weighted by Gasteiger charge is -2.23. The highest BCUT2D eigenvalue weighted by atomic mass is 16.5. The lowest BCUT2D eigenvalue weighted by atomic mass is 10.2. The molecule has 0 aliphatic carbocycles. The summed E-state index contributed by atoms with van der Waals surface area (Å²) in [7, 11) is 0. The summed E-state index contributed by atoms with van der Waals surface area (Å²) in [5, 5.41) is 9.14. The lowest BCUT2D eigenvalue weighted by Crippen LogP contribution is -2.28. The number of ether oxygens (including phenoxy) is 1. The van der Waals surface area contributed by atoms with Gasteiger partial charge in [-0.15, -0.1) is 0 Å². The quantitative estimate of drug-likeness (QED) is 0.475. The largest absolute Gasteiger partial charge is 0.462 e. The fourth-order valence-electron chi connectivity index (χ4n) is 2.68. The van der Waals surface area contributed by atoms with Crippen molar-refractivity contribution in [3.8, 4) is 6.07 Å². The van der Waals surface area contributed by atoms with Crippen LogP contribution in [0.5, 0.6) is 0 Å². The number of hydrogen-bond donors (Lipinski definition) is 0. The number of carbonyl (C=O) groups is 1. The Morgan fingerprint density at radius 3 is 2.17 bits per heavy atom. The third-order valence-electron chi connectivity index (χ3n) is 3.66. The van der Waals surface area contributed by atoms with Crippen LogP contribution in [0.25, 0.3) is 0 Å². The van der Waals surface area contributed by atoms with E-state index in [0.29, 0.717) is 0 Å². The van der Waals surface area contributed by atoms with Crippen molar-refractivity contribution in [2.75, 3.05) is 29.5 Å². The lowest BCUT2D eigenvalue weighted by molar-refractivity contribution is -0.138. The molecule has 0 bridgehead atoms. The zero-order valence-electron chi connectivity index (χ0n) is 13.7. The molecule has 5 heteroatoms. The van der Waals surface area contributed by atoms with Gasteiger partial charge in [-0.05, 0) is 45.1 Å². The number of nitriles is 1. The number of anilines is 2. The van der Waals surface area contributed by atoms with Crippen LogP contribution in [0.15, 0.2) is 47.8 Å². The van der Waals surface area contributed by atoms with Gasteiger partial charge in [0.1, 0.15) is 17.5 Å². The number of rotatable bonds is 5. The molecule has 1 heterocycles. The van der Waals surface area contributed by atoms with Gasteiger partial charge in [0, 0.05) is 13.1 Å². The van der Waals surface area contributed by atoms with Crippen molar-refractivity contribution >= 4 is 17.3 Å². The van der Waals surface area contributed by atoms with Gasteiger partial charge in [0.15, 0.2) is 0 Å². The van der Waals surface area contributed by atoms with E-state index in [0.717, 1.165) is 30.3 Å². The number of nitrogens with zero attached hydrogens (tertiary/aromatic N) is 3. The molecule has 0 saturated carbocycles. The zero-order valence-corrected chi connectivity index (χ0v) is 13.7. The standard InChI is InChI=1S/C18H21N3O2/c1-4-20-15-9-7-8-10-16(15)21(5-2)17(20)12-11-14(13-19)18(22)23-6-3/h7-12H,4-6H2,1-3H3/b14-11+. The maximum Gasteiger partial charge on any atom is 0.348 e. The Hall–Kier alpha value is -2.74. The van der Waals surface area contributed by atoms with Gasteiger partial charge in [-0.2, -0.15) is 5.26 Å². The Bertz CT molecular complexity index is 653. The number of hydrogen-bond acceptors (Lipinski definition) is 5. The van der Waals surface area contributed by atoms with E-state index in [4.69, 9.17) is 10.00 Å². The van der Waals surface area contributed by atoms with Crippen molar-refractivity contribution in [2.24, 2.45) is 0 Å². The Morgan fingerprint density at radius 1 is 1.17 bits per heavy atom. The highest BCUT2D eigenvalue weighted by molar-refractivity contribution is 5.93. The van der Waals surface area contributed by atoms with Crippen LogP contribution in [0, 0.1) is 11.3 Å². The van der Waals surface area contributed by atoms with Crippen molar-refractivity contribution < 1.29 is 9.53 Å². The van der Waals surface area contributed by atoms with E-state index in [9.17, 15) is 4.79 Å². The molecular formula is C18H21N3O2. The fraction of sp³-hybridized carbons (Fsp3) is 0.333. The second-order valence-electron chi connectivity index (χ2n) is 4.91. The first-order valence-electron chi connectivity index (χ1n) is 7.81. The molecule has 0 spiro atoms. The van der Waals surface area contributed by atoms with E-state index in [1.165, 1.54) is 6.08 Å². The molecule has 1 aromatic rings. The monoisotopic (exact) mass is 311 g/mol. The first-order valence-corrected chi connectivity index (χ1v) is 7.81. The Balaban J connectivity index is 2.41. The topological polar surface area (TPSA) is 56.6 Å². The Labute approximate surface area is 137 Å². The van der Waals surface area contributed by atoms with Gasteiger partial charge in [-0.3, -0.25) is 0 Å². The summed E-state index contributed by atoms with van der Waals surface area (Å²) in [5.41, 5.74) is 2.26. The van der Waals surface area contributed by atoms with Crippen LogP contribution in [0.2, 0.25) is 0 Å². The van der Waals surface area contributed by atoms with Crippen LogP contribution in [0.3, 0.4) is 0 Å². The molecule has 0 atom stereocenters. The van der Waals surface area contributed by atoms with Gasteiger partial charge in [0.25, 0.3) is 0 Å². The average molecular weight is 311 g/mol. The maximum atomic E-state index is 11.7. The molecule has 0 fully saturated rings. The highest BCUT2D eigenvalue weighted by Gasteiger charge is 2.28. The second-order valence-corrected chi connectivity index (χ2v) is 4.91. The van der Waals surface area contributed by atoms with E-state index >= 15 is 0 Å². The minimum absolute atomic E-state index is 0.00223. The molecule has 0 N–H and O–H groups in total. The predicted molar refractivity (Wildman–Crippen MR) is 90.9 cm³/mol. The van der Waals surface area contributed by atoms with Gasteiger partial charge in [0.2, 0.25) is 0 Å². The molecule has 1 aliphatic heterocycles. The van der Waals surface area contributed by atoms with Crippen LogP contribution in [0.1, 0.15) is 20.8 Å². The molecule has 1 aliphatic rings. The number of allylic oxidation sites excluding steroid dienone is 2. The van der Waals surface area contributed by atoms with Gasteiger partial charge in [0.05, 0.1) is 18.0 Å². The number of para-hydroxylation sites is 2. The van der Waals surface area contributed by atoms with Gasteiger partial charge in [-0.25, -0.2) is 4.79 Å². The van der Waals surface area contributed by atoms with E-state index < -0.39 is 5.97 Å². The normalized spacial score (nSPS) is 13.7. The Kier molecular flexibility index (Phi) is 5.42. The molecule has 120 valence electrons. The van der Waals surface area contributed by atoms with Gasteiger partial charge >= 0.3 is 5.97 Å². The molecule has 0 radical (unpaired) electrons. The van der Waals surface area contributed by atoms with Crippen LogP contribution in [0.4, 0.5) is 11.4 Å². The highest BCUT2D eigenvalue weighted by Crippen LogP contribution is 2.40. The van der Waals surface area contributed by atoms with Crippen LogP contribution >= 0.6 is 0 Å². The molecular weight excluding hydrogens is 290 g/mol. The van der Waals surface area contributed by atoms with Crippen LogP contribution < -0.4 is 9.80 Å². The number of fused-ring (bicyclic) bond motifs is 1. The summed E-state index contributed by atoms with van der Waals surface area (Å²) in [5.74, 6) is 0.363. The number of carbonyl (C=O) groups excluding carboxylic acids is 1. The summed E-state index contributed by atoms with van der Waals surface area (Å²) in [4.78, 5) is 16.1. The second kappa shape index (κ2) is 7.50. The minimum Gasteiger partial charge on any atom is -0.462 e. The van der Waals surface area contributed by atoms with Crippen molar-refractivity contribution in [3.63, 3.8) is 0 Å². The summed E-state index contributed by atoms with van der Waals surface area (Å²) in [6, 6.07) is 10.1. The molecule has 5 nitrogen and oxygen atoms in total. The smallest absolute Gasteiger partial charge is 0.348 e. The molecule has 0 saturated heterocycles. The SMILES string of the molecule is CCOC(=O)/C(C#N)=C/C=C1N(CC)c2ccccc2N1CC. The van der Waals surface area contributed by atoms with Gasteiger partial charge < -0.3 is 14.5 Å². The number of esters is 1. The van der Waals surface area contributed by atoms with E-state index in [1.54, 1.807) is 6.92 Å². The third-order valence-corrected chi connectivity index (χ3v) is 3.66. The first kappa shape index (κ1) is 16.6. The molecule has 0 amide bonds. The molecule has 23 heavy (non-hydrogen) atoms. The predicted octanol–water partition coefficient (Wildman–Crippen LogP) is 3.21. The van der Waals surface area contributed by atoms with Crippen LogP contribution in [-0.2, 0) is 9.53 Å². The van der Waals surface area contributed by atoms with Crippen molar-refractivity contribution in [1.82, 2.24) is 0 Å². The summed E-state index contributed by atoms with van der Waals surface area (Å²) < 4.78 is 4.89. The molecule has 0 unspecified atom stereocenters. The van der Waals surface area contributed by atoms with E-state index in [1.807, 2.05) is 24.3 Å². The van der Waals surface area contributed by atoms with E-state index in [2.05, 4.69) is 35.8 Å². The Morgan fingerprint density at radius 2 is 1.74 bits per heavy atom. The van der Waals surface area contributed by atoms with Crippen molar-refractivity contribution in [3.05, 3.63) is 47.8 Å². The summed E-state index contributed by atoms with van der Waals surface area (Å²) in [6.07, 6.45) is 3.34. The third kappa shape index (κ3) is 3.21. The number of benzene rings is 1. The molecule has 2 rings (SSSR count). The van der Waals surface area contributed by atoms with Crippen LogP contribution in [-0.4, -0.2) is 25.7 Å². The summed E-state index contributed by atoms with van der Waals surface area (Å²) >= 11 is 0. The van der Waals surface area contributed by atoms with Crippen molar-refractivity contribution in [2.45, 2.75) is 20.8 Å². The first-order chi connectivity index (χ1) is 11.2. The molecule has 0 aromatic heterocycles. The molecule has 1 aromatic carbocycles. The average Bonchev–Trinajstić information content (AvgIpc) is 2.88. The summed E-state index contributed by atoms with van der Waals surface area (Å²) in [6.45, 7) is 7.72.